The molecule has 178 valence electrons. The molecular formula is C27H46ClNO2. The van der Waals surface area contributed by atoms with Crippen LogP contribution in [0.4, 0.5) is 0 Å². The lowest BCUT2D eigenvalue weighted by atomic mass is 9.44. The van der Waals surface area contributed by atoms with Crippen molar-refractivity contribution in [1.29, 1.82) is 0 Å². The van der Waals surface area contributed by atoms with Gasteiger partial charge >= 0.3 is 0 Å². The van der Waals surface area contributed by atoms with E-state index in [1.165, 1.54) is 51.4 Å². The van der Waals surface area contributed by atoms with Crippen molar-refractivity contribution in [2.24, 2.45) is 52.3 Å². The van der Waals surface area contributed by atoms with Gasteiger partial charge in [-0.25, -0.2) is 0 Å². The molecule has 1 spiro atoms. The largest absolute Gasteiger partial charge is 0.393 e. The van der Waals surface area contributed by atoms with E-state index in [0.29, 0.717) is 22.9 Å². The molecule has 2 heterocycles. The number of hydrogen-bond acceptors (Lipinski definition) is 3. The van der Waals surface area contributed by atoms with Crippen LogP contribution in [-0.4, -0.2) is 29.6 Å². The number of aliphatic hydroxyl groups is 1. The summed E-state index contributed by atoms with van der Waals surface area (Å²) in [4.78, 5) is 0. The highest BCUT2D eigenvalue weighted by molar-refractivity contribution is 5.85. The highest BCUT2D eigenvalue weighted by Gasteiger charge is 2.68. The summed E-state index contributed by atoms with van der Waals surface area (Å²) >= 11 is 0. The van der Waals surface area contributed by atoms with Gasteiger partial charge in [0.2, 0.25) is 0 Å². The van der Waals surface area contributed by atoms with E-state index < -0.39 is 0 Å². The summed E-state index contributed by atoms with van der Waals surface area (Å²) in [5.74, 6) is 5.57. The quantitative estimate of drug-likeness (QED) is 0.489. The number of ether oxygens (including phenoxy) is 1. The second-order valence-electron chi connectivity index (χ2n) is 13.3. The molecule has 2 N–H and O–H groups in total. The summed E-state index contributed by atoms with van der Waals surface area (Å²) in [6, 6.07) is 0. The molecule has 4 aliphatic carbocycles. The molecule has 0 aromatic carbocycles. The summed E-state index contributed by atoms with van der Waals surface area (Å²) in [6.45, 7) is 11.3. The Bertz CT molecular complexity index is 693. The van der Waals surface area contributed by atoms with Crippen LogP contribution in [0, 0.1) is 52.3 Å². The zero-order valence-corrected chi connectivity index (χ0v) is 21.1. The van der Waals surface area contributed by atoms with Crippen molar-refractivity contribution in [3.05, 3.63) is 0 Å². The fourth-order valence-corrected chi connectivity index (χ4v) is 10.4. The van der Waals surface area contributed by atoms with Crippen molar-refractivity contribution in [3.63, 3.8) is 0 Å². The second-order valence-corrected chi connectivity index (χ2v) is 13.3. The van der Waals surface area contributed by atoms with Crippen LogP contribution in [0.3, 0.4) is 0 Å². The van der Waals surface area contributed by atoms with Crippen molar-refractivity contribution in [3.8, 4) is 0 Å². The predicted molar refractivity (Wildman–Crippen MR) is 127 cm³/mol. The fourth-order valence-electron chi connectivity index (χ4n) is 10.4. The normalized spacial score (nSPS) is 60.5. The first kappa shape index (κ1) is 22.9. The van der Waals surface area contributed by atoms with Crippen LogP contribution in [0.1, 0.15) is 91.9 Å². The minimum absolute atomic E-state index is 0. The molecule has 0 bridgehead atoms. The summed E-state index contributed by atoms with van der Waals surface area (Å²) < 4.78 is 7.01. The predicted octanol–water partition coefficient (Wildman–Crippen LogP) is 5.79. The third kappa shape index (κ3) is 3.08. The van der Waals surface area contributed by atoms with Gasteiger partial charge in [0.25, 0.3) is 0 Å². The van der Waals surface area contributed by atoms with Gasteiger partial charge in [0.15, 0.2) is 0 Å². The first-order valence-corrected chi connectivity index (χ1v) is 13.4. The third-order valence-electron chi connectivity index (χ3n) is 12.1. The molecule has 12 atom stereocenters. The maximum atomic E-state index is 10.3. The van der Waals surface area contributed by atoms with E-state index >= 15 is 0 Å². The number of hydrogen-bond donors (Lipinski definition) is 2. The Balaban J connectivity index is 0.00000204. The van der Waals surface area contributed by atoms with Gasteiger partial charge in [-0.15, -0.1) is 12.4 Å². The summed E-state index contributed by atoms with van der Waals surface area (Å²) in [5.41, 5.74) is 0.919. The van der Waals surface area contributed by atoms with E-state index in [2.05, 4.69) is 33.0 Å². The Labute approximate surface area is 196 Å². The Morgan fingerprint density at radius 3 is 2.39 bits per heavy atom. The summed E-state index contributed by atoms with van der Waals surface area (Å²) in [7, 11) is 0. The zero-order valence-electron chi connectivity index (χ0n) is 20.2. The van der Waals surface area contributed by atoms with Crippen molar-refractivity contribution in [2.75, 3.05) is 6.54 Å². The third-order valence-corrected chi connectivity index (χ3v) is 12.1. The fraction of sp³-hybridized carbons (Fsp3) is 1.00. The average molecular weight is 452 g/mol. The standard InChI is InChI=1S/C27H45NO2.ClH/c1-16-7-12-27(28-15-16)17(2)24-23(30-27)14-22-20-6-5-18-13-19(29)8-10-25(18,3)21(20)9-11-26(22,24)4;/h16-24,28-29H,5-15H2,1-4H3;1H. The lowest BCUT2D eigenvalue weighted by Crippen LogP contribution is -2.57. The average Bonchev–Trinajstić information content (AvgIpc) is 3.16. The van der Waals surface area contributed by atoms with E-state index in [-0.39, 0.29) is 24.2 Å². The van der Waals surface area contributed by atoms with Crippen LogP contribution in [0.25, 0.3) is 0 Å². The number of aliphatic hydroxyl groups excluding tert-OH is 1. The maximum Gasteiger partial charge on any atom is 0.122 e. The molecule has 2 saturated heterocycles. The Kier molecular flexibility index (Phi) is 5.61. The molecule has 31 heavy (non-hydrogen) atoms. The van der Waals surface area contributed by atoms with Gasteiger partial charge in [-0.2, -0.15) is 0 Å². The molecule has 4 saturated carbocycles. The summed E-state index contributed by atoms with van der Waals surface area (Å²) in [6.07, 6.45) is 13.2. The van der Waals surface area contributed by atoms with Crippen molar-refractivity contribution < 1.29 is 9.84 Å². The molecule has 6 rings (SSSR count). The van der Waals surface area contributed by atoms with Crippen molar-refractivity contribution >= 4 is 12.4 Å². The Hall–Kier alpha value is 0.170. The van der Waals surface area contributed by atoms with Gasteiger partial charge in [-0.05, 0) is 111 Å². The number of piperidine rings is 1. The van der Waals surface area contributed by atoms with Crippen LogP contribution < -0.4 is 5.32 Å². The topological polar surface area (TPSA) is 41.5 Å². The number of rotatable bonds is 0. The molecule has 12 unspecified atom stereocenters. The van der Waals surface area contributed by atoms with Gasteiger partial charge in [0.1, 0.15) is 5.72 Å². The lowest BCUT2D eigenvalue weighted by molar-refractivity contribution is -0.140. The minimum Gasteiger partial charge on any atom is -0.393 e. The van der Waals surface area contributed by atoms with E-state index in [4.69, 9.17) is 4.74 Å². The maximum absolute atomic E-state index is 10.3. The molecule has 4 heteroatoms. The SMILES string of the molecule is CC1CCC2(NC1)OC1CC3C4CCC5CC(O)CCC5(C)C4CCC3(C)C1C2C.Cl. The van der Waals surface area contributed by atoms with Gasteiger partial charge in [-0.1, -0.05) is 27.7 Å². The van der Waals surface area contributed by atoms with E-state index in [9.17, 15) is 5.11 Å². The molecule has 0 radical (unpaired) electrons. The van der Waals surface area contributed by atoms with Crippen molar-refractivity contribution in [2.45, 2.75) is 110 Å². The molecule has 0 aromatic heterocycles. The molecule has 6 aliphatic rings. The van der Waals surface area contributed by atoms with Gasteiger partial charge in [-0.3, -0.25) is 5.32 Å². The Morgan fingerprint density at radius 1 is 0.871 bits per heavy atom. The second kappa shape index (κ2) is 7.59. The van der Waals surface area contributed by atoms with Gasteiger partial charge in [0, 0.05) is 12.5 Å². The van der Waals surface area contributed by atoms with Crippen LogP contribution in [0.2, 0.25) is 0 Å². The van der Waals surface area contributed by atoms with E-state index in [1.54, 1.807) is 0 Å². The highest BCUT2D eigenvalue weighted by atomic mass is 35.5. The number of halogens is 1. The van der Waals surface area contributed by atoms with Crippen LogP contribution in [0.5, 0.6) is 0 Å². The molecule has 0 aromatic rings. The molecular weight excluding hydrogens is 406 g/mol. The first-order valence-electron chi connectivity index (χ1n) is 13.4. The van der Waals surface area contributed by atoms with Gasteiger partial charge < -0.3 is 9.84 Å². The smallest absolute Gasteiger partial charge is 0.122 e. The number of nitrogens with one attached hydrogen (secondary N) is 1. The molecule has 0 amide bonds. The Morgan fingerprint density at radius 2 is 1.65 bits per heavy atom. The minimum atomic E-state index is -0.0320. The highest BCUT2D eigenvalue weighted by Crippen LogP contribution is 2.71. The molecule has 2 aliphatic heterocycles. The zero-order chi connectivity index (χ0) is 20.9. The van der Waals surface area contributed by atoms with Crippen LogP contribution in [0.15, 0.2) is 0 Å². The van der Waals surface area contributed by atoms with E-state index in [0.717, 1.165) is 54.9 Å². The van der Waals surface area contributed by atoms with Crippen LogP contribution in [-0.2, 0) is 4.74 Å². The van der Waals surface area contributed by atoms with Crippen LogP contribution >= 0.6 is 12.4 Å². The van der Waals surface area contributed by atoms with Crippen molar-refractivity contribution in [1.82, 2.24) is 5.32 Å². The molecule has 3 nitrogen and oxygen atoms in total. The lowest BCUT2D eigenvalue weighted by Gasteiger charge is -2.61. The first-order chi connectivity index (χ1) is 14.3. The molecule has 6 fully saturated rings. The number of fused-ring (bicyclic) bond motifs is 7. The monoisotopic (exact) mass is 451 g/mol. The van der Waals surface area contributed by atoms with E-state index in [1.807, 2.05) is 0 Å². The summed E-state index contributed by atoms with van der Waals surface area (Å²) in [5, 5.41) is 14.2. The van der Waals surface area contributed by atoms with Gasteiger partial charge in [0.05, 0.1) is 12.2 Å².